The molecule has 124 valence electrons. The maximum absolute atomic E-state index is 12.2. The second-order valence-electron chi connectivity index (χ2n) is 5.78. The van der Waals surface area contributed by atoms with E-state index in [9.17, 15) is 9.59 Å². The third kappa shape index (κ3) is 3.03. The molecule has 1 heterocycles. The summed E-state index contributed by atoms with van der Waals surface area (Å²) in [5.41, 5.74) is 4.46. The van der Waals surface area contributed by atoms with Crippen molar-refractivity contribution in [1.82, 2.24) is 9.88 Å². The number of allylic oxidation sites excluding steroid dienone is 1. The number of carbonyl (C=O) groups is 1. The third-order valence-corrected chi connectivity index (χ3v) is 4.17. The minimum atomic E-state index is -0.121. The van der Waals surface area contributed by atoms with Crippen molar-refractivity contribution in [3.63, 3.8) is 0 Å². The first-order chi connectivity index (χ1) is 11.6. The molecule has 1 amide bonds. The molecule has 0 atom stereocenters. The Hall–Kier alpha value is -2.66. The second-order valence-corrected chi connectivity index (χ2v) is 5.78. The van der Waals surface area contributed by atoms with Crippen molar-refractivity contribution in [2.75, 3.05) is 20.3 Å². The summed E-state index contributed by atoms with van der Waals surface area (Å²) in [6.45, 7) is 0.969. The van der Waals surface area contributed by atoms with E-state index in [0.29, 0.717) is 25.1 Å². The fourth-order valence-corrected chi connectivity index (χ4v) is 2.89. The van der Waals surface area contributed by atoms with Gasteiger partial charge in [0.05, 0.1) is 6.61 Å². The van der Waals surface area contributed by atoms with Gasteiger partial charge < -0.3 is 14.6 Å². The van der Waals surface area contributed by atoms with Crippen LogP contribution in [0, 0.1) is 0 Å². The smallest absolute Gasteiger partial charge is 0.254 e. The number of hydrogen-bond donors (Lipinski definition) is 1. The molecule has 0 fully saturated rings. The zero-order valence-electron chi connectivity index (χ0n) is 13.8. The average Bonchev–Trinajstić information content (AvgIpc) is 3.08. The van der Waals surface area contributed by atoms with Gasteiger partial charge in [0.25, 0.3) is 11.5 Å². The lowest BCUT2D eigenvalue weighted by Gasteiger charge is -2.11. The van der Waals surface area contributed by atoms with Crippen LogP contribution in [0.2, 0.25) is 0 Å². The summed E-state index contributed by atoms with van der Waals surface area (Å²) in [6, 6.07) is 7.43. The molecule has 1 aliphatic carbocycles. The molecule has 0 radical (unpaired) electrons. The molecule has 0 unspecified atom stereocenters. The number of ether oxygens (including phenoxy) is 1. The van der Waals surface area contributed by atoms with Gasteiger partial charge in [0.1, 0.15) is 0 Å². The molecular formula is C19H20N2O3. The molecule has 5 heteroatoms. The van der Waals surface area contributed by atoms with E-state index < -0.39 is 0 Å². The number of nitrogens with zero attached hydrogens (tertiary/aromatic N) is 1. The minimum Gasteiger partial charge on any atom is -0.383 e. The summed E-state index contributed by atoms with van der Waals surface area (Å²) >= 11 is 0. The first kappa shape index (κ1) is 16.2. The van der Waals surface area contributed by atoms with E-state index in [1.165, 1.54) is 0 Å². The molecule has 0 spiro atoms. The average molecular weight is 324 g/mol. The van der Waals surface area contributed by atoms with E-state index in [2.05, 4.69) is 5.32 Å². The van der Waals surface area contributed by atoms with Gasteiger partial charge in [0.15, 0.2) is 0 Å². The van der Waals surface area contributed by atoms with Crippen LogP contribution < -0.4 is 10.9 Å². The number of fused-ring (bicyclic) bond motifs is 1. The van der Waals surface area contributed by atoms with Gasteiger partial charge in [-0.2, -0.15) is 0 Å². The van der Waals surface area contributed by atoms with Crippen molar-refractivity contribution < 1.29 is 9.53 Å². The van der Waals surface area contributed by atoms with E-state index in [1.54, 1.807) is 30.9 Å². The Morgan fingerprint density at radius 2 is 2.04 bits per heavy atom. The van der Waals surface area contributed by atoms with Gasteiger partial charge in [0, 0.05) is 43.6 Å². The number of amides is 1. The summed E-state index contributed by atoms with van der Waals surface area (Å²) in [5.74, 6) is -0.121. The molecule has 2 aromatic rings. The van der Waals surface area contributed by atoms with Crippen LogP contribution in [0.3, 0.4) is 0 Å². The number of carbonyl (C=O) groups excluding carboxylic acids is 1. The summed E-state index contributed by atoms with van der Waals surface area (Å²) in [6.07, 6.45) is 6.53. The van der Waals surface area contributed by atoms with E-state index >= 15 is 0 Å². The number of hydrogen-bond acceptors (Lipinski definition) is 3. The highest BCUT2D eigenvalue weighted by Gasteiger charge is 2.16. The third-order valence-electron chi connectivity index (χ3n) is 4.17. The van der Waals surface area contributed by atoms with Crippen LogP contribution in [0.15, 0.2) is 41.3 Å². The molecule has 1 N–H and O–H groups in total. The fourth-order valence-electron chi connectivity index (χ4n) is 2.89. The Kier molecular flexibility index (Phi) is 4.62. The van der Waals surface area contributed by atoms with Crippen LogP contribution in [-0.4, -0.2) is 30.7 Å². The Labute approximate surface area is 140 Å². The standard InChI is InChI=1S/C19H20N2O3/c1-21-12-17(15-4-3-5-16(15)19(21)23)13-6-8-14(9-7-13)18(22)20-10-11-24-2/h3-4,6-9,12H,5,10-11H2,1-2H3,(H,20,22). The molecule has 3 rings (SSSR count). The van der Waals surface area contributed by atoms with Crippen molar-refractivity contribution >= 4 is 12.0 Å². The number of methoxy groups -OCH3 is 1. The number of nitrogens with one attached hydrogen (secondary N) is 1. The maximum Gasteiger partial charge on any atom is 0.254 e. The van der Waals surface area contributed by atoms with Gasteiger partial charge >= 0.3 is 0 Å². The van der Waals surface area contributed by atoms with Crippen LogP contribution in [0.1, 0.15) is 21.5 Å². The molecule has 1 aromatic heterocycles. The van der Waals surface area contributed by atoms with Gasteiger partial charge in [-0.25, -0.2) is 0 Å². The number of aromatic nitrogens is 1. The Balaban J connectivity index is 1.88. The summed E-state index contributed by atoms with van der Waals surface area (Å²) in [4.78, 5) is 24.2. The van der Waals surface area contributed by atoms with Gasteiger partial charge in [-0.1, -0.05) is 24.3 Å². The maximum atomic E-state index is 12.2. The lowest BCUT2D eigenvalue weighted by molar-refractivity contribution is 0.0937. The SMILES string of the molecule is COCCNC(=O)c1ccc(-c2cn(C)c(=O)c3c2C=CC3)cc1. The summed E-state index contributed by atoms with van der Waals surface area (Å²) in [5, 5.41) is 2.80. The topological polar surface area (TPSA) is 60.3 Å². The Morgan fingerprint density at radius 3 is 2.75 bits per heavy atom. The van der Waals surface area contributed by atoms with E-state index in [0.717, 1.165) is 22.3 Å². The largest absolute Gasteiger partial charge is 0.383 e. The minimum absolute atomic E-state index is 0.0490. The molecule has 1 aromatic carbocycles. The molecule has 0 saturated carbocycles. The number of rotatable bonds is 5. The number of aryl methyl sites for hydroxylation is 1. The van der Waals surface area contributed by atoms with Crippen LogP contribution in [0.4, 0.5) is 0 Å². The van der Waals surface area contributed by atoms with E-state index in [-0.39, 0.29) is 11.5 Å². The quantitative estimate of drug-likeness (QED) is 0.856. The van der Waals surface area contributed by atoms with Crippen molar-refractivity contribution in [3.8, 4) is 11.1 Å². The normalized spacial score (nSPS) is 12.2. The molecule has 5 nitrogen and oxygen atoms in total. The van der Waals surface area contributed by atoms with Gasteiger partial charge in [-0.3, -0.25) is 9.59 Å². The zero-order valence-corrected chi connectivity index (χ0v) is 13.8. The highest BCUT2D eigenvalue weighted by atomic mass is 16.5. The summed E-state index contributed by atoms with van der Waals surface area (Å²) in [7, 11) is 3.36. The van der Waals surface area contributed by atoms with Crippen LogP contribution in [0.5, 0.6) is 0 Å². The van der Waals surface area contributed by atoms with Crippen molar-refractivity contribution in [2.24, 2.45) is 7.05 Å². The van der Waals surface area contributed by atoms with E-state index in [4.69, 9.17) is 4.74 Å². The Morgan fingerprint density at radius 1 is 1.29 bits per heavy atom. The molecule has 0 aliphatic heterocycles. The predicted molar refractivity (Wildman–Crippen MR) is 94.1 cm³/mol. The van der Waals surface area contributed by atoms with Crippen LogP contribution in [0.25, 0.3) is 17.2 Å². The van der Waals surface area contributed by atoms with Gasteiger partial charge in [-0.05, 0) is 29.7 Å². The van der Waals surface area contributed by atoms with Crippen molar-refractivity contribution in [1.29, 1.82) is 0 Å². The van der Waals surface area contributed by atoms with Gasteiger partial charge in [0.2, 0.25) is 0 Å². The first-order valence-corrected chi connectivity index (χ1v) is 7.88. The molecular weight excluding hydrogens is 304 g/mol. The molecule has 0 bridgehead atoms. The first-order valence-electron chi connectivity index (χ1n) is 7.88. The van der Waals surface area contributed by atoms with Crippen molar-refractivity contribution in [3.05, 3.63) is 63.6 Å². The van der Waals surface area contributed by atoms with Gasteiger partial charge in [-0.15, -0.1) is 0 Å². The monoisotopic (exact) mass is 324 g/mol. The lowest BCUT2D eigenvalue weighted by Crippen LogP contribution is -2.26. The Bertz CT molecular complexity index is 848. The number of benzene rings is 1. The summed E-state index contributed by atoms with van der Waals surface area (Å²) < 4.78 is 6.54. The molecule has 0 saturated heterocycles. The molecule has 24 heavy (non-hydrogen) atoms. The van der Waals surface area contributed by atoms with Crippen LogP contribution in [-0.2, 0) is 18.2 Å². The fraction of sp³-hybridized carbons (Fsp3) is 0.263. The van der Waals surface area contributed by atoms with E-state index in [1.807, 2.05) is 30.5 Å². The number of pyridine rings is 1. The lowest BCUT2D eigenvalue weighted by atomic mass is 9.98. The predicted octanol–water partition coefficient (Wildman–Crippen LogP) is 2.00. The zero-order chi connectivity index (χ0) is 17.1. The highest BCUT2D eigenvalue weighted by molar-refractivity contribution is 5.94. The van der Waals surface area contributed by atoms with Crippen LogP contribution >= 0.6 is 0 Å². The second kappa shape index (κ2) is 6.84. The molecule has 1 aliphatic rings. The van der Waals surface area contributed by atoms with Crippen molar-refractivity contribution in [2.45, 2.75) is 6.42 Å². The highest BCUT2D eigenvalue weighted by Crippen LogP contribution is 2.29.